The number of aromatic carboxylic acids is 1. The number of unbranched alkanes of at least 4 members (excludes halogenated alkanes) is 6. The molecule has 3 aromatic heterocycles. The number of aromatic nitrogens is 3. The summed E-state index contributed by atoms with van der Waals surface area (Å²) in [7, 11) is 0. The third-order valence-electron chi connectivity index (χ3n) is 14.8. The van der Waals surface area contributed by atoms with Gasteiger partial charge in [-0.2, -0.15) is 0 Å². The second-order valence-electron chi connectivity index (χ2n) is 22.0. The average molecular weight is 1160 g/mol. The van der Waals surface area contributed by atoms with E-state index in [1.54, 1.807) is 11.3 Å². The third kappa shape index (κ3) is 15.3. The highest BCUT2D eigenvalue weighted by atomic mass is 32.1. The topological polar surface area (TPSA) is 216 Å². The number of anilines is 2. The van der Waals surface area contributed by atoms with Gasteiger partial charge in [-0.15, -0.1) is 22.7 Å². The van der Waals surface area contributed by atoms with Crippen LogP contribution < -0.4 is 25.6 Å². The summed E-state index contributed by atoms with van der Waals surface area (Å²) >= 11 is 4.39. The molecule has 0 unspecified atom stereocenters. The number of fused-ring (bicyclic) bond motifs is 2. The van der Waals surface area contributed by atoms with Crippen LogP contribution in [0, 0.1) is 24.2 Å². The Morgan fingerprint density at radius 2 is 1.65 bits per heavy atom. The Kier molecular flexibility index (Phi) is 19.8. The molecule has 5 N–H and O–H groups in total. The Bertz CT molecular complexity index is 3410. The first kappa shape index (κ1) is 59.1. The summed E-state index contributed by atoms with van der Waals surface area (Å²) < 4.78 is 7.02. The smallest absolute Gasteiger partial charge is 0.355 e. The molecule has 428 valence electrons. The highest BCUT2D eigenvalue weighted by Gasteiger charge is 2.44. The SMILES string of the molecule is Cc1ncsc1-c1ccc(CNC(=O)[C@@H]2C[C@@H](O)CN2C(=O)[C@@H](NC(=O)CCCCCCCCC#Cc2ccc(OCCCc3sc(N4CCc5cccc(C(=O)Nc6nc7ccccc7s6)c5C4)nc3C(=O)O)cc2)C(C)(C)C)cc1. The number of aryl methyl sites for hydroxylation is 2. The number of amides is 4. The number of aliphatic hydroxyl groups excluding tert-OH is 1. The molecule has 0 radical (unpaired) electrons. The van der Waals surface area contributed by atoms with Crippen molar-refractivity contribution in [2.45, 2.75) is 136 Å². The first-order valence-corrected chi connectivity index (χ1v) is 30.6. The average Bonchev–Trinajstić information content (AvgIpc) is 4.38. The fourth-order valence-electron chi connectivity index (χ4n) is 10.3. The fourth-order valence-corrected chi connectivity index (χ4v) is 13.1. The molecule has 3 atom stereocenters. The zero-order chi connectivity index (χ0) is 57.8. The summed E-state index contributed by atoms with van der Waals surface area (Å²) in [5, 5.41) is 30.8. The predicted molar refractivity (Wildman–Crippen MR) is 324 cm³/mol. The molecule has 82 heavy (non-hydrogen) atoms. The summed E-state index contributed by atoms with van der Waals surface area (Å²) in [5.74, 6) is 5.01. The van der Waals surface area contributed by atoms with Gasteiger partial charge in [0.25, 0.3) is 5.91 Å². The number of carboxylic acid groups (broad SMARTS) is 1. The lowest BCUT2D eigenvalue weighted by molar-refractivity contribution is -0.144. The van der Waals surface area contributed by atoms with Gasteiger partial charge in [0.05, 0.1) is 39.0 Å². The molecule has 5 heterocycles. The number of hydrogen-bond donors (Lipinski definition) is 5. The predicted octanol–water partition coefficient (Wildman–Crippen LogP) is 11.0. The maximum Gasteiger partial charge on any atom is 0.355 e. The molecule has 1 saturated heterocycles. The van der Waals surface area contributed by atoms with E-state index < -0.39 is 29.6 Å². The van der Waals surface area contributed by atoms with E-state index in [1.165, 1.54) is 27.6 Å². The molecule has 1 fully saturated rings. The molecule has 4 amide bonds. The van der Waals surface area contributed by atoms with Crippen molar-refractivity contribution in [3.63, 3.8) is 0 Å². The molecule has 2 aliphatic heterocycles. The Morgan fingerprint density at radius 1 is 0.878 bits per heavy atom. The number of likely N-dealkylation sites (tertiary alicyclic amines) is 1. The minimum atomic E-state index is -1.07. The minimum absolute atomic E-state index is 0.0236. The number of thiazole rings is 3. The van der Waals surface area contributed by atoms with Crippen LogP contribution in [0.1, 0.15) is 139 Å². The van der Waals surface area contributed by atoms with Gasteiger partial charge in [-0.05, 0) is 109 Å². The van der Waals surface area contributed by atoms with Crippen molar-refractivity contribution in [1.29, 1.82) is 0 Å². The number of nitrogens with zero attached hydrogens (tertiary/aromatic N) is 5. The lowest BCUT2D eigenvalue weighted by atomic mass is 9.85. The Morgan fingerprint density at radius 3 is 2.39 bits per heavy atom. The Balaban J connectivity index is 0.646. The van der Waals surface area contributed by atoms with Gasteiger partial charge < -0.3 is 35.4 Å². The van der Waals surface area contributed by atoms with E-state index in [-0.39, 0.29) is 48.8 Å². The molecule has 0 spiro atoms. The van der Waals surface area contributed by atoms with Gasteiger partial charge in [-0.3, -0.25) is 24.5 Å². The molecule has 16 nitrogen and oxygen atoms in total. The molecule has 0 saturated carbocycles. The van der Waals surface area contributed by atoms with E-state index in [9.17, 15) is 34.2 Å². The summed E-state index contributed by atoms with van der Waals surface area (Å²) in [6.07, 6.45) is 7.74. The van der Waals surface area contributed by atoms with Crippen molar-refractivity contribution in [3.8, 4) is 28.0 Å². The summed E-state index contributed by atoms with van der Waals surface area (Å²) in [6, 6.07) is 27.4. The molecular weight excluding hydrogens is 1090 g/mol. The van der Waals surface area contributed by atoms with Crippen LogP contribution in [0.4, 0.5) is 10.3 Å². The lowest BCUT2D eigenvalue weighted by Gasteiger charge is -2.35. The molecule has 4 aromatic carbocycles. The molecular formula is C63H70N8O8S3. The first-order valence-electron chi connectivity index (χ1n) is 28.1. The minimum Gasteiger partial charge on any atom is -0.494 e. The van der Waals surface area contributed by atoms with E-state index in [2.05, 4.69) is 47.6 Å². The van der Waals surface area contributed by atoms with E-state index in [0.717, 1.165) is 87.1 Å². The lowest BCUT2D eigenvalue weighted by Crippen LogP contribution is -2.57. The molecule has 0 aliphatic carbocycles. The van der Waals surface area contributed by atoms with Crippen molar-refractivity contribution in [3.05, 3.63) is 141 Å². The van der Waals surface area contributed by atoms with E-state index in [0.29, 0.717) is 78.3 Å². The molecule has 19 heteroatoms. The Hall–Kier alpha value is -7.50. The second kappa shape index (κ2) is 27.5. The van der Waals surface area contributed by atoms with E-state index >= 15 is 0 Å². The van der Waals surface area contributed by atoms with Gasteiger partial charge in [0.15, 0.2) is 16.0 Å². The monoisotopic (exact) mass is 1160 g/mol. The van der Waals surface area contributed by atoms with Crippen LogP contribution in [0.15, 0.2) is 96.5 Å². The largest absolute Gasteiger partial charge is 0.494 e. The standard InChI is InChI=1S/C63H70N8O8S3/c1-40-55(80-39-65-40)44-28-24-42(25-29-44)36-64-58(75)50-35-45(72)37-71(50)59(76)56(63(2,3)4)67-53(73)23-12-10-8-6-5-7-9-11-17-41-26-30-46(31-27-41)79-34-16-22-52-54(60(77)78)68-62(82-52)70-33-32-43-18-15-19-47(48(43)38-70)57(74)69-61-66-49-20-13-14-21-51(49)81-61/h13-15,18-21,24-31,39,45,50,56,72H,5-10,12,16,22-23,32-38H2,1-4H3,(H,64,75)(H,67,73)(H,77,78)(H,66,69,74)/t45-,50+,56-/m1/s1. The van der Waals surface area contributed by atoms with Crippen LogP contribution in [-0.4, -0.2) is 97.5 Å². The molecule has 0 bridgehead atoms. The van der Waals surface area contributed by atoms with Crippen LogP contribution in [0.2, 0.25) is 0 Å². The van der Waals surface area contributed by atoms with Crippen LogP contribution in [0.3, 0.4) is 0 Å². The zero-order valence-electron chi connectivity index (χ0n) is 46.8. The van der Waals surface area contributed by atoms with Gasteiger partial charge in [-0.1, -0.05) is 118 Å². The van der Waals surface area contributed by atoms with Crippen molar-refractivity contribution in [2.24, 2.45) is 5.41 Å². The van der Waals surface area contributed by atoms with Crippen LogP contribution >= 0.6 is 34.0 Å². The van der Waals surface area contributed by atoms with Crippen LogP contribution in [0.5, 0.6) is 5.75 Å². The number of carbonyl (C=O) groups excluding carboxylic acids is 4. The van der Waals surface area contributed by atoms with Gasteiger partial charge in [0.1, 0.15) is 17.8 Å². The quantitative estimate of drug-likeness (QED) is 0.0299. The Labute approximate surface area is 490 Å². The number of β-amino-alcohol motifs (C(OH)–C–C–N with tert-alkyl or cyclic N) is 1. The number of nitrogens with one attached hydrogen (secondary N) is 3. The van der Waals surface area contributed by atoms with Crippen LogP contribution in [0.25, 0.3) is 20.7 Å². The van der Waals surface area contributed by atoms with Crippen molar-refractivity contribution in [2.75, 3.05) is 29.9 Å². The highest BCUT2D eigenvalue weighted by Crippen LogP contribution is 2.35. The number of para-hydroxylation sites is 1. The number of benzene rings is 4. The number of hydrogen-bond acceptors (Lipinski definition) is 14. The maximum absolute atomic E-state index is 14.1. The molecule has 2 aliphatic rings. The van der Waals surface area contributed by atoms with Crippen LogP contribution in [-0.2, 0) is 40.3 Å². The van der Waals surface area contributed by atoms with Gasteiger partial charge in [0, 0.05) is 61.4 Å². The van der Waals surface area contributed by atoms with Gasteiger partial charge >= 0.3 is 5.97 Å². The normalized spacial score (nSPS) is 15.3. The van der Waals surface area contributed by atoms with E-state index in [1.807, 2.05) is 124 Å². The summed E-state index contributed by atoms with van der Waals surface area (Å²) in [5.41, 5.74) is 8.45. The zero-order valence-corrected chi connectivity index (χ0v) is 49.2. The molecule has 7 aromatic rings. The summed E-state index contributed by atoms with van der Waals surface area (Å²) in [6.45, 7) is 9.42. The van der Waals surface area contributed by atoms with Gasteiger partial charge in [-0.25, -0.2) is 19.7 Å². The van der Waals surface area contributed by atoms with Crippen molar-refractivity contribution in [1.82, 2.24) is 30.5 Å². The highest BCUT2D eigenvalue weighted by molar-refractivity contribution is 7.22. The molecule has 9 rings (SSSR count). The fraction of sp³-hybridized carbons (Fsp3) is 0.397. The number of aliphatic hydroxyl groups is 1. The number of carbonyl (C=O) groups is 5. The van der Waals surface area contributed by atoms with E-state index in [4.69, 9.17) is 4.74 Å². The number of carboxylic acids is 1. The van der Waals surface area contributed by atoms with Crippen molar-refractivity contribution < 1.29 is 38.9 Å². The van der Waals surface area contributed by atoms with Crippen molar-refractivity contribution >= 4 is 84.1 Å². The van der Waals surface area contributed by atoms with Gasteiger partial charge in [0.2, 0.25) is 17.7 Å². The summed E-state index contributed by atoms with van der Waals surface area (Å²) in [4.78, 5) is 85.4. The second-order valence-corrected chi connectivity index (χ2v) is 24.9. The number of ether oxygens (including phenoxy) is 1. The third-order valence-corrected chi connectivity index (χ3v) is 17.9. The maximum atomic E-state index is 14.1. The first-order chi connectivity index (χ1) is 39.6. The number of rotatable bonds is 23.